The Bertz CT molecular complexity index is 907. The summed E-state index contributed by atoms with van der Waals surface area (Å²) in [6, 6.07) is 10.3. The quantitative estimate of drug-likeness (QED) is 0.865. The van der Waals surface area contributed by atoms with Crippen molar-refractivity contribution in [3.8, 4) is 5.75 Å². The first-order chi connectivity index (χ1) is 12.3. The highest BCUT2D eigenvalue weighted by Gasteiger charge is 2.30. The molecule has 1 heterocycles. The van der Waals surface area contributed by atoms with Crippen LogP contribution in [0.2, 0.25) is 5.02 Å². The number of rotatable bonds is 4. The number of nitrogens with zero attached hydrogens (tertiary/aromatic N) is 2. The summed E-state index contributed by atoms with van der Waals surface area (Å²) in [5, 5.41) is 10.4. The van der Waals surface area contributed by atoms with Crippen molar-refractivity contribution in [3.63, 3.8) is 0 Å². The molecule has 1 aliphatic heterocycles. The highest BCUT2D eigenvalue weighted by Crippen LogP contribution is 2.27. The van der Waals surface area contributed by atoms with E-state index in [0.29, 0.717) is 38.5 Å². The van der Waals surface area contributed by atoms with Crippen LogP contribution in [0.1, 0.15) is 16.7 Å². The fourth-order valence-electron chi connectivity index (χ4n) is 3.15. The van der Waals surface area contributed by atoms with Crippen LogP contribution in [0.25, 0.3) is 0 Å². The first-order valence-electron chi connectivity index (χ1n) is 8.55. The summed E-state index contributed by atoms with van der Waals surface area (Å²) in [6.07, 6.45) is 0. The van der Waals surface area contributed by atoms with Gasteiger partial charge in [0.25, 0.3) is 0 Å². The molecule has 0 spiro atoms. The molecule has 1 fully saturated rings. The fraction of sp³-hybridized carbons (Fsp3) is 0.368. The zero-order valence-corrected chi connectivity index (χ0v) is 16.5. The number of sulfonamides is 1. The Morgan fingerprint density at radius 3 is 2.31 bits per heavy atom. The van der Waals surface area contributed by atoms with Crippen molar-refractivity contribution in [2.45, 2.75) is 25.3 Å². The number of aryl methyl sites for hydroxylation is 2. The number of halogens is 1. The highest BCUT2D eigenvalue weighted by atomic mass is 35.5. The molecule has 0 aromatic heterocycles. The Balaban J connectivity index is 1.68. The number of hydrogen-bond acceptors (Lipinski definition) is 4. The first kappa shape index (κ1) is 19.2. The molecule has 0 atom stereocenters. The van der Waals surface area contributed by atoms with Crippen molar-refractivity contribution in [2.75, 3.05) is 26.2 Å². The minimum absolute atomic E-state index is 0.155. The molecule has 0 amide bonds. The Hall–Kier alpha value is -1.60. The predicted molar refractivity (Wildman–Crippen MR) is 103 cm³/mol. The maximum atomic E-state index is 12.8. The van der Waals surface area contributed by atoms with E-state index in [-0.39, 0.29) is 9.92 Å². The van der Waals surface area contributed by atoms with Gasteiger partial charge in [0.1, 0.15) is 10.6 Å². The Morgan fingerprint density at radius 2 is 1.65 bits per heavy atom. The van der Waals surface area contributed by atoms with E-state index < -0.39 is 10.0 Å². The SMILES string of the molecule is Cc1cc(O)c(CN2CCN(S(=O)(=O)c3ccccc3Cl)CC2)cc1C. The normalized spacial score (nSPS) is 16.7. The van der Waals surface area contributed by atoms with Gasteiger partial charge in [-0.15, -0.1) is 0 Å². The molecule has 5 nitrogen and oxygen atoms in total. The van der Waals surface area contributed by atoms with Gasteiger partial charge in [-0.1, -0.05) is 29.8 Å². The lowest BCUT2D eigenvalue weighted by Crippen LogP contribution is -2.48. The second-order valence-corrected chi connectivity index (χ2v) is 8.99. The van der Waals surface area contributed by atoms with Crippen LogP contribution in [0.3, 0.4) is 0 Å². The number of phenolic OH excluding ortho intramolecular Hbond substituents is 1. The second kappa shape index (κ2) is 7.56. The molecule has 0 saturated carbocycles. The van der Waals surface area contributed by atoms with E-state index in [9.17, 15) is 13.5 Å². The van der Waals surface area contributed by atoms with Gasteiger partial charge < -0.3 is 5.11 Å². The molecule has 0 aliphatic carbocycles. The van der Waals surface area contributed by atoms with Gasteiger partial charge in [-0.2, -0.15) is 4.31 Å². The third-order valence-electron chi connectivity index (χ3n) is 4.87. The molecule has 26 heavy (non-hydrogen) atoms. The molecular weight excluding hydrogens is 372 g/mol. The molecule has 2 aromatic rings. The molecule has 1 N–H and O–H groups in total. The molecule has 1 saturated heterocycles. The summed E-state index contributed by atoms with van der Waals surface area (Å²) in [5.41, 5.74) is 3.06. The van der Waals surface area contributed by atoms with Gasteiger partial charge in [-0.3, -0.25) is 4.90 Å². The van der Waals surface area contributed by atoms with Gasteiger partial charge in [0, 0.05) is 38.3 Å². The summed E-state index contributed by atoms with van der Waals surface area (Å²) in [5.74, 6) is 0.291. The minimum atomic E-state index is -3.58. The topological polar surface area (TPSA) is 60.9 Å². The number of aromatic hydroxyl groups is 1. The summed E-state index contributed by atoms with van der Waals surface area (Å²) < 4.78 is 27.1. The summed E-state index contributed by atoms with van der Waals surface area (Å²) in [6.45, 7) is 6.61. The van der Waals surface area contributed by atoms with Crippen molar-refractivity contribution in [3.05, 3.63) is 58.1 Å². The molecule has 0 bridgehead atoms. The van der Waals surface area contributed by atoms with Crippen LogP contribution < -0.4 is 0 Å². The van der Waals surface area contributed by atoms with Crippen molar-refractivity contribution in [1.82, 2.24) is 9.21 Å². The second-order valence-electron chi connectivity index (χ2n) is 6.68. The standard InChI is InChI=1S/C19H23ClN2O3S/c1-14-11-16(18(23)12-15(14)2)13-21-7-9-22(10-8-21)26(24,25)19-6-4-3-5-17(19)20/h3-6,11-12,23H,7-10,13H2,1-2H3. The molecule has 7 heteroatoms. The van der Waals surface area contributed by atoms with E-state index >= 15 is 0 Å². The van der Waals surface area contributed by atoms with Crippen LogP contribution in [0.4, 0.5) is 0 Å². The monoisotopic (exact) mass is 394 g/mol. The molecule has 140 valence electrons. The van der Waals surface area contributed by atoms with Gasteiger partial charge in [-0.25, -0.2) is 8.42 Å². The van der Waals surface area contributed by atoms with Crippen LogP contribution in [-0.2, 0) is 16.6 Å². The Labute approximate surface area is 159 Å². The van der Waals surface area contributed by atoms with E-state index in [1.165, 1.54) is 10.4 Å². The molecule has 0 radical (unpaired) electrons. The average Bonchev–Trinajstić information content (AvgIpc) is 2.60. The highest BCUT2D eigenvalue weighted by molar-refractivity contribution is 7.89. The van der Waals surface area contributed by atoms with Crippen LogP contribution in [0.5, 0.6) is 5.75 Å². The van der Waals surface area contributed by atoms with Crippen LogP contribution in [0.15, 0.2) is 41.3 Å². The van der Waals surface area contributed by atoms with Crippen molar-refractivity contribution >= 4 is 21.6 Å². The lowest BCUT2D eigenvalue weighted by Gasteiger charge is -2.34. The first-order valence-corrected chi connectivity index (χ1v) is 10.4. The molecule has 3 rings (SSSR count). The van der Waals surface area contributed by atoms with Crippen LogP contribution in [0, 0.1) is 13.8 Å². The number of benzene rings is 2. The zero-order chi connectivity index (χ0) is 18.9. The van der Waals surface area contributed by atoms with Gasteiger partial charge in [0.05, 0.1) is 5.02 Å². The minimum Gasteiger partial charge on any atom is -0.508 e. The third kappa shape index (κ3) is 3.88. The molecule has 1 aliphatic rings. The zero-order valence-electron chi connectivity index (χ0n) is 14.9. The maximum Gasteiger partial charge on any atom is 0.244 e. The van der Waals surface area contributed by atoms with Gasteiger partial charge >= 0.3 is 0 Å². The van der Waals surface area contributed by atoms with Gasteiger partial charge in [0.2, 0.25) is 10.0 Å². The number of hydrogen-bond donors (Lipinski definition) is 1. The van der Waals surface area contributed by atoms with Crippen molar-refractivity contribution in [1.29, 1.82) is 0 Å². The maximum absolute atomic E-state index is 12.8. The lowest BCUT2D eigenvalue weighted by molar-refractivity contribution is 0.180. The van der Waals surface area contributed by atoms with Crippen molar-refractivity contribution in [2.24, 2.45) is 0 Å². The van der Waals surface area contributed by atoms with Gasteiger partial charge in [-0.05, 0) is 43.2 Å². The fourth-order valence-corrected chi connectivity index (χ4v) is 5.06. The number of phenols is 1. The van der Waals surface area contributed by atoms with Crippen LogP contribution in [-0.4, -0.2) is 48.9 Å². The molecule has 0 unspecified atom stereocenters. The summed E-state index contributed by atoms with van der Waals surface area (Å²) >= 11 is 6.06. The summed E-state index contributed by atoms with van der Waals surface area (Å²) in [4.78, 5) is 2.31. The van der Waals surface area contributed by atoms with E-state index in [1.807, 2.05) is 19.9 Å². The Morgan fingerprint density at radius 1 is 1.04 bits per heavy atom. The largest absolute Gasteiger partial charge is 0.508 e. The Kier molecular flexibility index (Phi) is 5.58. The van der Waals surface area contributed by atoms with E-state index in [4.69, 9.17) is 11.6 Å². The van der Waals surface area contributed by atoms with Crippen molar-refractivity contribution < 1.29 is 13.5 Å². The number of piperazine rings is 1. The van der Waals surface area contributed by atoms with Gasteiger partial charge in [0.15, 0.2) is 0 Å². The third-order valence-corrected chi connectivity index (χ3v) is 7.27. The summed E-state index contributed by atoms with van der Waals surface area (Å²) in [7, 11) is -3.58. The smallest absolute Gasteiger partial charge is 0.244 e. The van der Waals surface area contributed by atoms with E-state index in [0.717, 1.165) is 16.7 Å². The average molecular weight is 395 g/mol. The molecule has 2 aromatic carbocycles. The molecular formula is C19H23ClN2O3S. The van der Waals surface area contributed by atoms with E-state index in [2.05, 4.69) is 4.90 Å². The van der Waals surface area contributed by atoms with Crippen LogP contribution >= 0.6 is 11.6 Å². The van der Waals surface area contributed by atoms with E-state index in [1.54, 1.807) is 24.3 Å². The lowest BCUT2D eigenvalue weighted by atomic mass is 10.0. The predicted octanol–water partition coefficient (Wildman–Crippen LogP) is 3.17.